The first-order valence-corrected chi connectivity index (χ1v) is 6.04. The molecule has 2 aliphatic carbocycles. The number of imidazole rings is 1. The minimum atomic E-state index is -0.298. The molecule has 0 amide bonds. The molecule has 2 saturated carbocycles. The average Bonchev–Trinajstić information content (AvgIpc) is 3.15. The molecular formula is C12H18N2O. The van der Waals surface area contributed by atoms with E-state index in [9.17, 15) is 5.11 Å². The highest BCUT2D eigenvalue weighted by atomic mass is 16.3. The van der Waals surface area contributed by atoms with Crippen LogP contribution in [0.1, 0.15) is 56.4 Å². The third kappa shape index (κ3) is 2.07. The Morgan fingerprint density at radius 1 is 1.40 bits per heavy atom. The Kier molecular flexibility index (Phi) is 2.28. The van der Waals surface area contributed by atoms with Gasteiger partial charge in [0, 0.05) is 6.04 Å². The smallest absolute Gasteiger partial charge is 0.0956 e. The number of rotatable bonds is 5. The van der Waals surface area contributed by atoms with Crippen molar-refractivity contribution in [1.29, 1.82) is 0 Å². The molecule has 0 aromatic carbocycles. The predicted molar refractivity (Wildman–Crippen MR) is 57.4 cm³/mol. The first-order valence-electron chi connectivity index (χ1n) is 6.04. The van der Waals surface area contributed by atoms with Gasteiger partial charge in [-0.3, -0.25) is 0 Å². The topological polar surface area (TPSA) is 38.1 Å². The van der Waals surface area contributed by atoms with Crippen molar-refractivity contribution in [3.05, 3.63) is 18.2 Å². The largest absolute Gasteiger partial charge is 0.387 e. The minimum Gasteiger partial charge on any atom is -0.387 e. The normalized spacial score (nSPS) is 23.0. The maximum Gasteiger partial charge on any atom is 0.0956 e. The molecule has 1 N–H and O–H groups in total. The van der Waals surface area contributed by atoms with Crippen LogP contribution in [0.2, 0.25) is 0 Å². The number of hydrogen-bond acceptors (Lipinski definition) is 2. The summed E-state index contributed by atoms with van der Waals surface area (Å²) >= 11 is 0. The molecule has 3 heteroatoms. The SMILES string of the molecule is OC(CCC1CC1)c1cncn1C1CC1. The third-order valence-electron chi connectivity index (χ3n) is 3.52. The number of aliphatic hydroxyl groups excluding tert-OH is 1. The molecule has 2 fully saturated rings. The van der Waals surface area contributed by atoms with Crippen molar-refractivity contribution in [2.45, 2.75) is 50.7 Å². The zero-order chi connectivity index (χ0) is 10.3. The van der Waals surface area contributed by atoms with Crippen molar-refractivity contribution >= 4 is 0 Å². The van der Waals surface area contributed by atoms with E-state index in [-0.39, 0.29) is 6.10 Å². The predicted octanol–water partition coefficient (Wildman–Crippen LogP) is 2.44. The van der Waals surface area contributed by atoms with Crippen molar-refractivity contribution < 1.29 is 5.11 Å². The van der Waals surface area contributed by atoms with Crippen LogP contribution in [0, 0.1) is 5.92 Å². The van der Waals surface area contributed by atoms with Gasteiger partial charge in [0.15, 0.2) is 0 Å². The second-order valence-corrected chi connectivity index (χ2v) is 4.99. The summed E-state index contributed by atoms with van der Waals surface area (Å²) in [5.41, 5.74) is 1.03. The van der Waals surface area contributed by atoms with Crippen LogP contribution in [0.4, 0.5) is 0 Å². The van der Waals surface area contributed by atoms with Gasteiger partial charge in [-0.15, -0.1) is 0 Å². The van der Waals surface area contributed by atoms with Crippen molar-refractivity contribution in [3.8, 4) is 0 Å². The van der Waals surface area contributed by atoms with Gasteiger partial charge in [0.2, 0.25) is 0 Å². The molecule has 1 unspecified atom stereocenters. The van der Waals surface area contributed by atoms with Gasteiger partial charge in [0.05, 0.1) is 24.3 Å². The van der Waals surface area contributed by atoms with E-state index in [0.717, 1.165) is 18.0 Å². The molecule has 82 valence electrons. The van der Waals surface area contributed by atoms with Gasteiger partial charge in [0.25, 0.3) is 0 Å². The van der Waals surface area contributed by atoms with E-state index in [1.807, 2.05) is 12.5 Å². The number of aliphatic hydroxyl groups is 1. The summed E-state index contributed by atoms with van der Waals surface area (Å²) in [6.07, 6.45) is 10.7. The summed E-state index contributed by atoms with van der Waals surface area (Å²) < 4.78 is 2.16. The van der Waals surface area contributed by atoms with Crippen molar-refractivity contribution in [2.75, 3.05) is 0 Å². The fourth-order valence-electron chi connectivity index (χ4n) is 2.18. The molecule has 1 aromatic rings. The molecule has 0 spiro atoms. The summed E-state index contributed by atoms with van der Waals surface area (Å²) in [4.78, 5) is 4.15. The second kappa shape index (κ2) is 3.63. The highest BCUT2D eigenvalue weighted by Gasteiger charge is 2.28. The van der Waals surface area contributed by atoms with Crippen molar-refractivity contribution in [1.82, 2.24) is 9.55 Å². The maximum atomic E-state index is 10.1. The maximum absolute atomic E-state index is 10.1. The van der Waals surface area contributed by atoms with Crippen LogP contribution in [-0.4, -0.2) is 14.7 Å². The lowest BCUT2D eigenvalue weighted by Gasteiger charge is -2.12. The molecule has 2 aliphatic rings. The number of nitrogens with zero attached hydrogens (tertiary/aromatic N) is 2. The molecule has 0 saturated heterocycles. The Balaban J connectivity index is 1.64. The summed E-state index contributed by atoms with van der Waals surface area (Å²) in [5, 5.41) is 10.1. The fraction of sp³-hybridized carbons (Fsp3) is 0.750. The van der Waals surface area contributed by atoms with Gasteiger partial charge < -0.3 is 9.67 Å². The van der Waals surface area contributed by atoms with Gasteiger partial charge in [-0.05, 0) is 31.6 Å². The molecule has 15 heavy (non-hydrogen) atoms. The Bertz CT molecular complexity index is 339. The molecule has 1 aromatic heterocycles. The van der Waals surface area contributed by atoms with Crippen LogP contribution < -0.4 is 0 Å². The van der Waals surface area contributed by atoms with Gasteiger partial charge in [-0.2, -0.15) is 0 Å². The van der Waals surface area contributed by atoms with Crippen LogP contribution >= 0.6 is 0 Å². The molecule has 3 nitrogen and oxygen atoms in total. The lowest BCUT2D eigenvalue weighted by atomic mass is 10.1. The Morgan fingerprint density at radius 3 is 2.87 bits per heavy atom. The van der Waals surface area contributed by atoms with E-state index in [0.29, 0.717) is 6.04 Å². The van der Waals surface area contributed by atoms with E-state index >= 15 is 0 Å². The lowest BCUT2D eigenvalue weighted by molar-refractivity contribution is 0.153. The van der Waals surface area contributed by atoms with E-state index < -0.39 is 0 Å². The third-order valence-corrected chi connectivity index (χ3v) is 3.52. The van der Waals surface area contributed by atoms with Crippen LogP contribution in [0.25, 0.3) is 0 Å². The molecular weight excluding hydrogens is 188 g/mol. The zero-order valence-corrected chi connectivity index (χ0v) is 8.97. The first-order chi connectivity index (χ1) is 7.34. The highest BCUT2D eigenvalue weighted by molar-refractivity contribution is 5.06. The van der Waals surface area contributed by atoms with Gasteiger partial charge in [0.1, 0.15) is 0 Å². The summed E-state index contributed by atoms with van der Waals surface area (Å²) in [7, 11) is 0. The van der Waals surface area contributed by atoms with E-state index in [2.05, 4.69) is 9.55 Å². The Hall–Kier alpha value is -0.830. The number of hydrogen-bond donors (Lipinski definition) is 1. The minimum absolute atomic E-state index is 0.298. The summed E-state index contributed by atoms with van der Waals surface area (Å²) in [5.74, 6) is 0.900. The Labute approximate surface area is 90.1 Å². The van der Waals surface area contributed by atoms with Crippen LogP contribution in [0.5, 0.6) is 0 Å². The van der Waals surface area contributed by atoms with Crippen LogP contribution in [0.15, 0.2) is 12.5 Å². The van der Waals surface area contributed by atoms with E-state index in [4.69, 9.17) is 0 Å². The number of aromatic nitrogens is 2. The molecule has 0 bridgehead atoms. The zero-order valence-electron chi connectivity index (χ0n) is 8.97. The van der Waals surface area contributed by atoms with Crippen LogP contribution in [0.3, 0.4) is 0 Å². The van der Waals surface area contributed by atoms with Gasteiger partial charge >= 0.3 is 0 Å². The Morgan fingerprint density at radius 2 is 2.20 bits per heavy atom. The highest BCUT2D eigenvalue weighted by Crippen LogP contribution is 2.39. The fourth-order valence-corrected chi connectivity index (χ4v) is 2.18. The first kappa shape index (κ1) is 9.40. The molecule has 0 radical (unpaired) electrons. The van der Waals surface area contributed by atoms with E-state index in [1.54, 1.807) is 0 Å². The second-order valence-electron chi connectivity index (χ2n) is 4.99. The average molecular weight is 206 g/mol. The summed E-state index contributed by atoms with van der Waals surface area (Å²) in [6.45, 7) is 0. The quantitative estimate of drug-likeness (QED) is 0.803. The van der Waals surface area contributed by atoms with Crippen LogP contribution in [-0.2, 0) is 0 Å². The molecule has 0 aliphatic heterocycles. The monoisotopic (exact) mass is 206 g/mol. The molecule has 3 rings (SSSR count). The van der Waals surface area contributed by atoms with Gasteiger partial charge in [-0.1, -0.05) is 12.8 Å². The van der Waals surface area contributed by atoms with Gasteiger partial charge in [-0.25, -0.2) is 4.98 Å². The van der Waals surface area contributed by atoms with E-state index in [1.165, 1.54) is 32.1 Å². The summed E-state index contributed by atoms with van der Waals surface area (Å²) in [6, 6.07) is 0.623. The molecule has 1 atom stereocenters. The lowest BCUT2D eigenvalue weighted by Crippen LogP contribution is -2.06. The van der Waals surface area contributed by atoms with Crippen molar-refractivity contribution in [3.63, 3.8) is 0 Å². The molecule has 1 heterocycles. The standard InChI is InChI=1S/C12H18N2O/c15-12(6-3-9-1-2-9)11-7-13-8-14(11)10-4-5-10/h7-10,12,15H,1-6H2. The van der Waals surface area contributed by atoms with Crippen molar-refractivity contribution in [2.24, 2.45) is 5.92 Å².